The molecule has 6 heteroatoms. The Hall–Kier alpha value is -2.18. The summed E-state index contributed by atoms with van der Waals surface area (Å²) in [4.78, 5) is 14.9. The van der Waals surface area contributed by atoms with Crippen LogP contribution in [0.15, 0.2) is 59.5 Å². The molecular formula is C21H26N2O3S. The Morgan fingerprint density at radius 1 is 1.04 bits per heavy atom. The summed E-state index contributed by atoms with van der Waals surface area (Å²) in [5.41, 5.74) is 2.30. The molecule has 0 atom stereocenters. The third-order valence-corrected chi connectivity index (χ3v) is 7.14. The lowest BCUT2D eigenvalue weighted by Crippen LogP contribution is -2.43. The van der Waals surface area contributed by atoms with Gasteiger partial charge in [0, 0.05) is 32.6 Å². The second kappa shape index (κ2) is 8.23. The molecule has 1 aliphatic rings. The molecule has 0 unspecified atom stereocenters. The molecule has 0 saturated carbocycles. The molecule has 0 N–H and O–H groups in total. The van der Waals surface area contributed by atoms with E-state index >= 15 is 0 Å². The van der Waals surface area contributed by atoms with Gasteiger partial charge < -0.3 is 4.90 Å². The van der Waals surface area contributed by atoms with Crippen LogP contribution in [0.1, 0.15) is 24.0 Å². The van der Waals surface area contributed by atoms with Gasteiger partial charge in [0.05, 0.1) is 4.90 Å². The van der Waals surface area contributed by atoms with E-state index in [-0.39, 0.29) is 11.8 Å². The molecule has 0 aromatic heterocycles. The first-order valence-corrected chi connectivity index (χ1v) is 10.7. The number of nitrogens with zero attached hydrogens (tertiary/aromatic N) is 2. The van der Waals surface area contributed by atoms with E-state index in [9.17, 15) is 13.2 Å². The molecule has 144 valence electrons. The first kappa shape index (κ1) is 19.6. The van der Waals surface area contributed by atoms with Gasteiger partial charge in [0.15, 0.2) is 0 Å². The molecule has 5 nitrogen and oxygen atoms in total. The van der Waals surface area contributed by atoms with Gasteiger partial charge in [0.25, 0.3) is 0 Å². The normalized spacial score (nSPS) is 16.2. The van der Waals surface area contributed by atoms with E-state index in [0.717, 1.165) is 5.56 Å². The van der Waals surface area contributed by atoms with Crippen molar-refractivity contribution < 1.29 is 13.2 Å². The lowest BCUT2D eigenvalue weighted by Gasteiger charge is -2.32. The summed E-state index contributed by atoms with van der Waals surface area (Å²) in [7, 11) is -1.66. The molecule has 1 heterocycles. The predicted molar refractivity (Wildman–Crippen MR) is 106 cm³/mol. The van der Waals surface area contributed by atoms with Gasteiger partial charge in [-0.1, -0.05) is 42.5 Å². The number of benzene rings is 2. The first-order chi connectivity index (χ1) is 12.9. The second-order valence-corrected chi connectivity index (χ2v) is 9.05. The number of carbonyl (C=O) groups excluding carboxylic acids is 1. The molecule has 1 aliphatic heterocycles. The number of carbonyl (C=O) groups is 1. The molecule has 1 amide bonds. The van der Waals surface area contributed by atoms with Gasteiger partial charge >= 0.3 is 0 Å². The average Bonchev–Trinajstić information content (AvgIpc) is 2.70. The van der Waals surface area contributed by atoms with Crippen LogP contribution in [0, 0.1) is 12.8 Å². The van der Waals surface area contributed by atoms with Crippen LogP contribution >= 0.6 is 0 Å². The monoisotopic (exact) mass is 386 g/mol. The van der Waals surface area contributed by atoms with Gasteiger partial charge in [-0.3, -0.25) is 4.79 Å². The highest BCUT2D eigenvalue weighted by Gasteiger charge is 2.33. The highest BCUT2D eigenvalue weighted by molar-refractivity contribution is 7.89. The molecule has 0 radical (unpaired) electrons. The summed E-state index contributed by atoms with van der Waals surface area (Å²) in [5.74, 6) is -0.0312. The molecule has 3 rings (SSSR count). The van der Waals surface area contributed by atoms with Crippen LogP contribution in [0.2, 0.25) is 0 Å². The van der Waals surface area contributed by atoms with Crippen molar-refractivity contribution in [2.45, 2.75) is 31.2 Å². The zero-order valence-corrected chi connectivity index (χ0v) is 16.7. The highest BCUT2D eigenvalue weighted by Crippen LogP contribution is 2.25. The third kappa shape index (κ3) is 4.39. The lowest BCUT2D eigenvalue weighted by molar-refractivity contribution is -0.135. The number of amides is 1. The van der Waals surface area contributed by atoms with Crippen LogP contribution in [0.4, 0.5) is 0 Å². The van der Waals surface area contributed by atoms with E-state index in [1.807, 2.05) is 38.2 Å². The molecule has 1 saturated heterocycles. The van der Waals surface area contributed by atoms with E-state index in [2.05, 4.69) is 0 Å². The highest BCUT2D eigenvalue weighted by atomic mass is 32.2. The van der Waals surface area contributed by atoms with Crippen LogP contribution in [0.3, 0.4) is 0 Å². The zero-order chi connectivity index (χ0) is 19.4. The Bertz CT molecular complexity index is 889. The van der Waals surface area contributed by atoms with Crippen molar-refractivity contribution in [3.05, 3.63) is 65.7 Å². The maximum absolute atomic E-state index is 12.8. The zero-order valence-electron chi connectivity index (χ0n) is 15.8. The molecule has 27 heavy (non-hydrogen) atoms. The van der Waals surface area contributed by atoms with Gasteiger partial charge in [0.2, 0.25) is 15.9 Å². The largest absolute Gasteiger partial charge is 0.341 e. The molecule has 0 bridgehead atoms. The number of sulfonamides is 1. The van der Waals surface area contributed by atoms with Crippen molar-refractivity contribution in [2.24, 2.45) is 5.92 Å². The number of piperidine rings is 1. The minimum absolute atomic E-state index is 0.0926. The maximum atomic E-state index is 12.8. The van der Waals surface area contributed by atoms with Gasteiger partial charge in [-0.15, -0.1) is 0 Å². The molecule has 1 fully saturated rings. The first-order valence-electron chi connectivity index (χ1n) is 9.24. The fraction of sp³-hybridized carbons (Fsp3) is 0.381. The van der Waals surface area contributed by atoms with Crippen molar-refractivity contribution >= 4 is 15.9 Å². The summed E-state index contributed by atoms with van der Waals surface area (Å²) >= 11 is 0. The fourth-order valence-electron chi connectivity index (χ4n) is 3.52. The maximum Gasteiger partial charge on any atom is 0.243 e. The van der Waals surface area contributed by atoms with Crippen LogP contribution in [-0.4, -0.2) is 43.7 Å². The van der Waals surface area contributed by atoms with Crippen LogP contribution in [0.5, 0.6) is 0 Å². The minimum Gasteiger partial charge on any atom is -0.341 e. The topological polar surface area (TPSA) is 57.7 Å². The van der Waals surface area contributed by atoms with Gasteiger partial charge in [-0.25, -0.2) is 8.42 Å². The summed E-state index contributed by atoms with van der Waals surface area (Å²) in [5, 5.41) is 0. The summed E-state index contributed by atoms with van der Waals surface area (Å²) in [6.45, 7) is 3.38. The quantitative estimate of drug-likeness (QED) is 0.794. The molecule has 2 aromatic rings. The van der Waals surface area contributed by atoms with Crippen molar-refractivity contribution in [1.82, 2.24) is 9.21 Å². The van der Waals surface area contributed by atoms with Crippen LogP contribution in [-0.2, 0) is 21.4 Å². The number of hydrogen-bond acceptors (Lipinski definition) is 3. The van der Waals surface area contributed by atoms with E-state index in [4.69, 9.17) is 0 Å². The number of aryl methyl sites for hydroxylation is 1. The standard InChI is InChI=1S/C21H26N2O3S/c1-17-8-6-7-9-19(17)16-22(2)21(24)18-12-14-23(15-13-18)27(25,26)20-10-4-3-5-11-20/h3-11,18H,12-16H2,1-2H3. The lowest BCUT2D eigenvalue weighted by atomic mass is 9.96. The SMILES string of the molecule is Cc1ccccc1CN(C)C(=O)C1CCN(S(=O)(=O)c2ccccc2)CC1. The van der Waals surface area contributed by atoms with Crippen molar-refractivity contribution in [3.63, 3.8) is 0 Å². The van der Waals surface area contributed by atoms with Crippen LogP contribution < -0.4 is 0 Å². The van der Waals surface area contributed by atoms with Crippen molar-refractivity contribution in [2.75, 3.05) is 20.1 Å². The smallest absolute Gasteiger partial charge is 0.243 e. The Balaban J connectivity index is 1.60. The average molecular weight is 387 g/mol. The van der Waals surface area contributed by atoms with Gasteiger partial charge in [-0.05, 0) is 43.0 Å². The Morgan fingerprint density at radius 2 is 1.63 bits per heavy atom. The molecule has 0 spiro atoms. The summed E-state index contributed by atoms with van der Waals surface area (Å²) in [6.07, 6.45) is 1.12. The van der Waals surface area contributed by atoms with E-state index in [1.165, 1.54) is 9.87 Å². The third-order valence-electron chi connectivity index (χ3n) is 5.23. The van der Waals surface area contributed by atoms with Gasteiger partial charge in [-0.2, -0.15) is 4.31 Å². The molecule has 0 aliphatic carbocycles. The molecule has 2 aromatic carbocycles. The van der Waals surface area contributed by atoms with E-state index < -0.39 is 10.0 Å². The Kier molecular flexibility index (Phi) is 5.97. The number of hydrogen-bond donors (Lipinski definition) is 0. The van der Waals surface area contributed by atoms with Crippen molar-refractivity contribution in [1.29, 1.82) is 0 Å². The minimum atomic E-state index is -3.48. The van der Waals surface area contributed by atoms with E-state index in [0.29, 0.717) is 37.4 Å². The summed E-state index contributed by atoms with van der Waals surface area (Å²) < 4.78 is 26.9. The summed E-state index contributed by atoms with van der Waals surface area (Å²) in [6, 6.07) is 16.5. The number of rotatable bonds is 5. The fourth-order valence-corrected chi connectivity index (χ4v) is 5.01. The Morgan fingerprint density at radius 3 is 2.26 bits per heavy atom. The Labute approximate surface area is 161 Å². The predicted octanol–water partition coefficient (Wildman–Crippen LogP) is 3.05. The van der Waals surface area contributed by atoms with Crippen LogP contribution in [0.25, 0.3) is 0 Å². The van der Waals surface area contributed by atoms with Gasteiger partial charge in [0.1, 0.15) is 0 Å². The molecular weight excluding hydrogens is 360 g/mol. The van der Waals surface area contributed by atoms with Crippen molar-refractivity contribution in [3.8, 4) is 0 Å². The van der Waals surface area contributed by atoms with E-state index in [1.54, 1.807) is 35.2 Å². The second-order valence-electron chi connectivity index (χ2n) is 7.11.